The molecule has 1 aromatic rings. The predicted molar refractivity (Wildman–Crippen MR) is 61.3 cm³/mol. The predicted octanol–water partition coefficient (Wildman–Crippen LogP) is 1.86. The summed E-state index contributed by atoms with van der Waals surface area (Å²) in [6.45, 7) is 0. The molecule has 3 nitrogen and oxygen atoms in total. The van der Waals surface area contributed by atoms with Gasteiger partial charge in [0.2, 0.25) is 0 Å². The summed E-state index contributed by atoms with van der Waals surface area (Å²) in [4.78, 5) is 18.5. The zero-order chi connectivity index (χ0) is 12.9. The van der Waals surface area contributed by atoms with Crippen LogP contribution < -0.4 is 0 Å². The maximum absolute atomic E-state index is 12.9. The number of rotatable bonds is 6. The van der Waals surface area contributed by atoms with Crippen molar-refractivity contribution >= 4 is 8.80 Å². The van der Waals surface area contributed by atoms with Crippen molar-refractivity contribution in [2.45, 2.75) is 25.3 Å². The number of aryl methyl sites for hydroxylation is 1. The van der Waals surface area contributed by atoms with Crippen molar-refractivity contribution < 1.29 is 22.8 Å². The van der Waals surface area contributed by atoms with Crippen LogP contribution in [0.2, 0.25) is 6.04 Å². The summed E-state index contributed by atoms with van der Waals surface area (Å²) >= 11 is 0. The van der Waals surface area contributed by atoms with Crippen LogP contribution in [0.5, 0.6) is 0 Å². The van der Waals surface area contributed by atoms with E-state index in [1.165, 1.54) is 13.2 Å². The van der Waals surface area contributed by atoms with Gasteiger partial charge in [-0.15, -0.1) is 0 Å². The van der Waals surface area contributed by atoms with E-state index in [0.717, 1.165) is 12.1 Å². The Hall–Kier alpha value is -0.823. The number of halogens is 2. The fourth-order valence-electron chi connectivity index (χ4n) is 1.48. The van der Waals surface area contributed by atoms with Gasteiger partial charge in [0, 0.05) is 13.2 Å². The summed E-state index contributed by atoms with van der Waals surface area (Å²) in [5, 5.41) is 0. The van der Waals surface area contributed by atoms with E-state index < -0.39 is 20.4 Å². The van der Waals surface area contributed by atoms with Gasteiger partial charge >= 0.3 is 8.80 Å². The van der Waals surface area contributed by atoms with Gasteiger partial charge in [-0.2, -0.15) is 0 Å². The second-order valence-corrected chi connectivity index (χ2v) is 6.30. The first-order valence-corrected chi connectivity index (χ1v) is 7.39. The summed E-state index contributed by atoms with van der Waals surface area (Å²) < 4.78 is 30.1. The van der Waals surface area contributed by atoms with Crippen LogP contribution >= 0.6 is 0 Å². The largest absolute Gasteiger partial charge is 0.495 e. The van der Waals surface area contributed by atoms with Crippen molar-refractivity contribution in [3.8, 4) is 0 Å². The zero-order valence-electron chi connectivity index (χ0n) is 9.62. The van der Waals surface area contributed by atoms with Crippen molar-refractivity contribution in [1.82, 2.24) is 0 Å². The third-order valence-electron chi connectivity index (χ3n) is 2.53. The SMILES string of the molecule is CO[Si](O)(O)CCCCc1ccc(F)c(F)c1. The van der Waals surface area contributed by atoms with Crippen molar-refractivity contribution in [3.63, 3.8) is 0 Å². The molecule has 0 aromatic heterocycles. The molecule has 96 valence electrons. The molecule has 0 aliphatic heterocycles. The van der Waals surface area contributed by atoms with Crippen LogP contribution in [-0.4, -0.2) is 25.5 Å². The Bertz CT molecular complexity index is 372. The Morgan fingerprint density at radius 3 is 2.47 bits per heavy atom. The molecule has 17 heavy (non-hydrogen) atoms. The Kier molecular flexibility index (Phi) is 5.19. The normalized spacial score (nSPS) is 11.8. The van der Waals surface area contributed by atoms with Gasteiger partial charge in [-0.3, -0.25) is 0 Å². The van der Waals surface area contributed by atoms with Gasteiger partial charge in [0.25, 0.3) is 0 Å². The molecular weight excluding hydrogens is 246 g/mol. The molecule has 0 aliphatic rings. The Balaban J connectivity index is 2.34. The first-order valence-electron chi connectivity index (χ1n) is 5.38. The Morgan fingerprint density at radius 1 is 1.18 bits per heavy atom. The minimum absolute atomic E-state index is 0.215. The molecule has 0 atom stereocenters. The molecule has 0 bridgehead atoms. The van der Waals surface area contributed by atoms with Crippen LogP contribution in [-0.2, 0) is 10.8 Å². The lowest BCUT2D eigenvalue weighted by Crippen LogP contribution is -2.37. The molecule has 0 fully saturated rings. The summed E-state index contributed by atoms with van der Waals surface area (Å²) in [5.74, 6) is -1.71. The van der Waals surface area contributed by atoms with E-state index in [9.17, 15) is 18.4 Å². The van der Waals surface area contributed by atoms with Crippen LogP contribution in [0.4, 0.5) is 8.78 Å². The highest BCUT2D eigenvalue weighted by Crippen LogP contribution is 2.14. The highest BCUT2D eigenvalue weighted by Gasteiger charge is 2.29. The van der Waals surface area contributed by atoms with Crippen LogP contribution in [0, 0.1) is 11.6 Å². The number of benzene rings is 1. The lowest BCUT2D eigenvalue weighted by atomic mass is 10.1. The van der Waals surface area contributed by atoms with E-state index in [-0.39, 0.29) is 6.04 Å². The molecule has 1 rings (SSSR count). The third-order valence-corrected chi connectivity index (χ3v) is 4.19. The van der Waals surface area contributed by atoms with E-state index in [4.69, 9.17) is 0 Å². The first kappa shape index (κ1) is 14.2. The first-order chi connectivity index (χ1) is 7.94. The molecule has 6 heteroatoms. The molecule has 0 amide bonds. The van der Waals surface area contributed by atoms with Crippen molar-refractivity contribution in [2.75, 3.05) is 7.11 Å². The zero-order valence-corrected chi connectivity index (χ0v) is 10.6. The highest BCUT2D eigenvalue weighted by molar-refractivity contribution is 6.57. The second-order valence-electron chi connectivity index (χ2n) is 3.90. The van der Waals surface area contributed by atoms with E-state index in [2.05, 4.69) is 4.43 Å². The average molecular weight is 262 g/mol. The molecule has 2 N–H and O–H groups in total. The molecular formula is C11H16F2O3Si. The quantitative estimate of drug-likeness (QED) is 0.607. The Morgan fingerprint density at radius 2 is 1.88 bits per heavy atom. The van der Waals surface area contributed by atoms with Gasteiger partial charge in [0.15, 0.2) is 11.6 Å². The van der Waals surface area contributed by atoms with Crippen LogP contribution in [0.15, 0.2) is 18.2 Å². The molecule has 0 spiro atoms. The van der Waals surface area contributed by atoms with Gasteiger partial charge in [0.1, 0.15) is 0 Å². The number of unbranched alkanes of at least 4 members (excludes halogenated alkanes) is 1. The van der Waals surface area contributed by atoms with E-state index in [1.54, 1.807) is 0 Å². The average Bonchev–Trinajstić information content (AvgIpc) is 2.29. The third kappa shape index (κ3) is 4.91. The standard InChI is InChI=1S/C11H16F2O3Si/c1-16-17(14,15)7-3-2-4-9-5-6-10(12)11(13)8-9/h5-6,8,14-15H,2-4,7H2,1H3. The van der Waals surface area contributed by atoms with Crippen molar-refractivity contribution in [1.29, 1.82) is 0 Å². The molecule has 0 aliphatic carbocycles. The summed E-state index contributed by atoms with van der Waals surface area (Å²) in [6.07, 6.45) is 1.82. The summed E-state index contributed by atoms with van der Waals surface area (Å²) in [7, 11) is -2.20. The van der Waals surface area contributed by atoms with Crippen molar-refractivity contribution in [2.24, 2.45) is 0 Å². The van der Waals surface area contributed by atoms with Gasteiger partial charge < -0.3 is 14.0 Å². The van der Waals surface area contributed by atoms with E-state index in [0.29, 0.717) is 24.8 Å². The molecule has 0 saturated heterocycles. The van der Waals surface area contributed by atoms with E-state index in [1.807, 2.05) is 0 Å². The van der Waals surface area contributed by atoms with Gasteiger partial charge in [-0.25, -0.2) is 8.78 Å². The van der Waals surface area contributed by atoms with Crippen LogP contribution in [0.1, 0.15) is 18.4 Å². The lowest BCUT2D eigenvalue weighted by molar-refractivity contribution is 0.183. The minimum Gasteiger partial charge on any atom is -0.390 e. The maximum atomic E-state index is 12.9. The maximum Gasteiger partial charge on any atom is 0.495 e. The van der Waals surface area contributed by atoms with E-state index >= 15 is 0 Å². The van der Waals surface area contributed by atoms with Gasteiger partial charge in [0.05, 0.1) is 0 Å². The van der Waals surface area contributed by atoms with Crippen LogP contribution in [0.3, 0.4) is 0 Å². The van der Waals surface area contributed by atoms with Gasteiger partial charge in [-0.05, 0) is 37.0 Å². The molecule has 0 heterocycles. The van der Waals surface area contributed by atoms with Crippen molar-refractivity contribution in [3.05, 3.63) is 35.4 Å². The highest BCUT2D eigenvalue weighted by atomic mass is 28.4. The number of hydrogen-bond acceptors (Lipinski definition) is 3. The summed E-state index contributed by atoms with van der Waals surface area (Å²) in [6, 6.07) is 4.00. The monoisotopic (exact) mass is 262 g/mol. The summed E-state index contributed by atoms with van der Waals surface area (Å²) in [5.41, 5.74) is 0.699. The van der Waals surface area contributed by atoms with Crippen LogP contribution in [0.25, 0.3) is 0 Å². The molecule has 0 saturated carbocycles. The molecule has 0 unspecified atom stereocenters. The fourth-order valence-corrected chi connectivity index (χ4v) is 2.40. The smallest absolute Gasteiger partial charge is 0.390 e. The lowest BCUT2D eigenvalue weighted by Gasteiger charge is -2.13. The minimum atomic E-state index is -3.47. The topological polar surface area (TPSA) is 49.7 Å². The molecule has 0 radical (unpaired) electrons. The fraction of sp³-hybridized carbons (Fsp3) is 0.455. The van der Waals surface area contributed by atoms with Gasteiger partial charge in [-0.1, -0.05) is 6.07 Å². The Labute approximate surface area is 100 Å². The number of hydrogen-bond donors (Lipinski definition) is 2. The molecule has 1 aromatic carbocycles. The second kappa shape index (κ2) is 6.20.